The van der Waals surface area contributed by atoms with Crippen molar-refractivity contribution in [1.29, 1.82) is 0 Å². The van der Waals surface area contributed by atoms with Crippen LogP contribution in [-0.2, 0) is 11.3 Å². The third-order valence-electron chi connectivity index (χ3n) is 5.36. The lowest BCUT2D eigenvalue weighted by Crippen LogP contribution is -2.65. The number of ether oxygens (including phenoxy) is 1. The van der Waals surface area contributed by atoms with Gasteiger partial charge in [0.1, 0.15) is 12.0 Å². The van der Waals surface area contributed by atoms with Crippen LogP contribution in [0.3, 0.4) is 0 Å². The number of halogens is 1. The Kier molecular flexibility index (Phi) is 6.12. The molecule has 0 radical (unpaired) electrons. The van der Waals surface area contributed by atoms with Crippen LogP contribution in [0.2, 0.25) is 0 Å². The molecule has 1 heterocycles. The smallest absolute Gasteiger partial charge is 0.254 e. The summed E-state index contributed by atoms with van der Waals surface area (Å²) in [6.07, 6.45) is 8.78. The Morgan fingerprint density at radius 2 is 2.17 bits per heavy atom. The van der Waals surface area contributed by atoms with Crippen LogP contribution in [0.15, 0.2) is 16.7 Å². The fraction of sp³-hybridized carbons (Fsp3) is 0.706. The number of hydrogen-bond donors (Lipinski definition) is 2. The molecule has 3 N–H and O–H groups in total. The van der Waals surface area contributed by atoms with E-state index in [0.717, 1.165) is 25.9 Å². The van der Waals surface area contributed by atoms with Crippen LogP contribution in [-0.4, -0.2) is 24.7 Å². The molecule has 130 valence electrons. The maximum Gasteiger partial charge on any atom is 0.254 e. The van der Waals surface area contributed by atoms with Crippen LogP contribution >= 0.6 is 12.4 Å². The van der Waals surface area contributed by atoms with Gasteiger partial charge in [-0.2, -0.15) is 0 Å². The lowest BCUT2D eigenvalue weighted by molar-refractivity contribution is -0.146. The zero-order valence-corrected chi connectivity index (χ0v) is 14.5. The lowest BCUT2D eigenvalue weighted by atomic mass is 9.55. The van der Waals surface area contributed by atoms with Crippen molar-refractivity contribution >= 4 is 18.3 Å². The average molecular weight is 343 g/mol. The molecule has 0 aromatic carbocycles. The van der Waals surface area contributed by atoms with E-state index in [1.807, 2.05) is 6.92 Å². The van der Waals surface area contributed by atoms with E-state index in [9.17, 15) is 4.79 Å². The summed E-state index contributed by atoms with van der Waals surface area (Å²) in [4.78, 5) is 12.4. The van der Waals surface area contributed by atoms with E-state index in [0.29, 0.717) is 24.0 Å². The van der Waals surface area contributed by atoms with E-state index in [4.69, 9.17) is 14.9 Å². The van der Waals surface area contributed by atoms with Gasteiger partial charge in [-0.05, 0) is 32.3 Å². The summed E-state index contributed by atoms with van der Waals surface area (Å²) < 4.78 is 11.2. The SMILES string of the molecule is CCOC1CC(NC(=O)c2coc(CN)c2)C12CCCCC2.Cl. The molecule has 2 unspecified atom stereocenters. The van der Waals surface area contributed by atoms with Crippen LogP contribution < -0.4 is 11.1 Å². The van der Waals surface area contributed by atoms with Crippen molar-refractivity contribution < 1.29 is 13.9 Å². The van der Waals surface area contributed by atoms with E-state index < -0.39 is 0 Å². The van der Waals surface area contributed by atoms with Crippen LogP contribution in [0, 0.1) is 5.41 Å². The highest BCUT2D eigenvalue weighted by Gasteiger charge is 2.56. The van der Waals surface area contributed by atoms with Crippen LogP contribution in [0.1, 0.15) is 61.6 Å². The molecular weight excluding hydrogens is 316 g/mol. The van der Waals surface area contributed by atoms with Crippen LogP contribution in [0.25, 0.3) is 0 Å². The van der Waals surface area contributed by atoms with Gasteiger partial charge in [-0.15, -0.1) is 12.4 Å². The second kappa shape index (κ2) is 7.69. The summed E-state index contributed by atoms with van der Waals surface area (Å²) >= 11 is 0. The number of hydrogen-bond acceptors (Lipinski definition) is 4. The van der Waals surface area contributed by atoms with Crippen molar-refractivity contribution in [2.75, 3.05) is 6.61 Å². The van der Waals surface area contributed by atoms with Gasteiger partial charge in [0.25, 0.3) is 5.91 Å². The zero-order valence-electron chi connectivity index (χ0n) is 13.7. The minimum absolute atomic E-state index is 0. The minimum atomic E-state index is -0.0617. The number of rotatable bonds is 5. The van der Waals surface area contributed by atoms with Crippen molar-refractivity contribution in [3.63, 3.8) is 0 Å². The molecule has 6 heteroatoms. The van der Waals surface area contributed by atoms with Gasteiger partial charge in [0, 0.05) is 18.1 Å². The normalized spacial score (nSPS) is 25.5. The highest BCUT2D eigenvalue weighted by molar-refractivity contribution is 5.94. The second-order valence-corrected chi connectivity index (χ2v) is 6.51. The first-order valence-corrected chi connectivity index (χ1v) is 8.39. The molecule has 0 saturated heterocycles. The van der Waals surface area contributed by atoms with Crippen LogP contribution in [0.4, 0.5) is 0 Å². The first-order chi connectivity index (χ1) is 10.7. The van der Waals surface area contributed by atoms with E-state index in [1.165, 1.54) is 25.5 Å². The molecule has 0 bridgehead atoms. The van der Waals surface area contributed by atoms with E-state index >= 15 is 0 Å². The van der Waals surface area contributed by atoms with Gasteiger partial charge in [0.15, 0.2) is 0 Å². The van der Waals surface area contributed by atoms with E-state index in [2.05, 4.69) is 5.32 Å². The fourth-order valence-electron chi connectivity index (χ4n) is 4.11. The molecule has 2 saturated carbocycles. The van der Waals surface area contributed by atoms with Crippen LogP contribution in [0.5, 0.6) is 0 Å². The maximum absolute atomic E-state index is 12.4. The largest absolute Gasteiger partial charge is 0.467 e. The van der Waals surface area contributed by atoms with Crippen molar-refractivity contribution in [2.24, 2.45) is 11.1 Å². The summed E-state index contributed by atoms with van der Waals surface area (Å²) in [6, 6.07) is 1.94. The maximum atomic E-state index is 12.4. The van der Waals surface area contributed by atoms with Gasteiger partial charge in [-0.3, -0.25) is 4.79 Å². The fourth-order valence-corrected chi connectivity index (χ4v) is 4.11. The Morgan fingerprint density at radius 3 is 2.78 bits per heavy atom. The zero-order chi connectivity index (χ0) is 15.6. The molecule has 2 aliphatic rings. The number of nitrogens with one attached hydrogen (secondary N) is 1. The van der Waals surface area contributed by atoms with Gasteiger partial charge in [0.05, 0.1) is 18.2 Å². The summed E-state index contributed by atoms with van der Waals surface area (Å²) in [5, 5.41) is 3.20. The molecule has 2 aliphatic carbocycles. The molecule has 5 nitrogen and oxygen atoms in total. The average Bonchev–Trinajstić information content (AvgIpc) is 3.04. The van der Waals surface area contributed by atoms with Gasteiger partial charge in [-0.1, -0.05) is 19.3 Å². The molecule has 0 aliphatic heterocycles. The molecule has 2 fully saturated rings. The molecule has 23 heavy (non-hydrogen) atoms. The minimum Gasteiger partial charge on any atom is -0.467 e. The van der Waals surface area contributed by atoms with Crippen molar-refractivity contribution in [3.05, 3.63) is 23.7 Å². The predicted octanol–water partition coefficient (Wildman–Crippen LogP) is 3.02. The quantitative estimate of drug-likeness (QED) is 0.862. The van der Waals surface area contributed by atoms with Crippen molar-refractivity contribution in [3.8, 4) is 0 Å². The standard InChI is InChI=1S/C17H26N2O3.ClH/c1-2-21-15-9-14(17(15)6-4-3-5-7-17)19-16(20)12-8-13(10-18)22-11-12;/h8,11,14-15H,2-7,9-10,18H2,1H3,(H,19,20);1H. The Balaban J connectivity index is 0.00000192. The Morgan fingerprint density at radius 1 is 1.43 bits per heavy atom. The number of amides is 1. The highest BCUT2D eigenvalue weighted by atomic mass is 35.5. The number of nitrogens with two attached hydrogens (primary N) is 1. The lowest BCUT2D eigenvalue weighted by Gasteiger charge is -2.57. The van der Waals surface area contributed by atoms with Crippen molar-refractivity contribution in [2.45, 2.75) is 64.1 Å². The molecule has 1 aromatic heterocycles. The molecular formula is C17H27ClN2O3. The summed E-state index contributed by atoms with van der Waals surface area (Å²) in [6.45, 7) is 3.10. The summed E-state index contributed by atoms with van der Waals surface area (Å²) in [5.74, 6) is 0.576. The number of carbonyl (C=O) groups is 1. The molecule has 1 amide bonds. The molecule has 1 spiro atoms. The number of carbonyl (C=O) groups excluding carboxylic acids is 1. The first kappa shape index (κ1) is 18.3. The highest BCUT2D eigenvalue weighted by Crippen LogP contribution is 2.53. The van der Waals surface area contributed by atoms with Gasteiger partial charge in [-0.25, -0.2) is 0 Å². The summed E-state index contributed by atoms with van der Waals surface area (Å²) in [5.41, 5.74) is 6.23. The Hall–Kier alpha value is -1.04. The predicted molar refractivity (Wildman–Crippen MR) is 90.7 cm³/mol. The van der Waals surface area contributed by atoms with Gasteiger partial charge >= 0.3 is 0 Å². The van der Waals surface area contributed by atoms with Gasteiger partial charge < -0.3 is 20.2 Å². The topological polar surface area (TPSA) is 77.5 Å². The first-order valence-electron chi connectivity index (χ1n) is 8.39. The van der Waals surface area contributed by atoms with E-state index in [-0.39, 0.29) is 29.8 Å². The monoisotopic (exact) mass is 342 g/mol. The third kappa shape index (κ3) is 3.42. The second-order valence-electron chi connectivity index (χ2n) is 6.51. The third-order valence-corrected chi connectivity index (χ3v) is 5.36. The van der Waals surface area contributed by atoms with Gasteiger partial charge in [0.2, 0.25) is 0 Å². The molecule has 1 aromatic rings. The van der Waals surface area contributed by atoms with E-state index in [1.54, 1.807) is 6.07 Å². The summed E-state index contributed by atoms with van der Waals surface area (Å²) in [7, 11) is 0. The van der Waals surface area contributed by atoms with Crippen molar-refractivity contribution in [1.82, 2.24) is 5.32 Å². The number of furan rings is 1. The molecule has 2 atom stereocenters. The molecule has 3 rings (SSSR count). The Labute approximate surface area is 143 Å². The Bertz CT molecular complexity index is 526.